The number of ether oxygens (including phenoxy) is 6. The van der Waals surface area contributed by atoms with Crippen molar-refractivity contribution >= 4 is 23.8 Å². The average molecular weight is 717 g/mol. The highest BCUT2D eigenvalue weighted by Crippen LogP contribution is 2.38. The molecule has 16 atom stereocenters. The van der Waals surface area contributed by atoms with Crippen molar-refractivity contribution < 1.29 is 98.7 Å². The molecule has 0 saturated carbocycles. The Labute approximate surface area is 278 Å². The number of aliphatic hydroxyl groups excluding tert-OH is 9. The molecule has 0 aliphatic carbocycles. The van der Waals surface area contributed by atoms with Gasteiger partial charge in [-0.05, 0) is 0 Å². The van der Waals surface area contributed by atoms with Gasteiger partial charge in [0.05, 0.1) is 25.4 Å². The monoisotopic (exact) mass is 716 g/mol. The highest BCUT2D eigenvalue weighted by atomic mass is 16.8. The van der Waals surface area contributed by atoms with Gasteiger partial charge in [0.1, 0.15) is 73.7 Å². The maximum absolute atomic E-state index is 12.8. The Morgan fingerprint density at radius 3 is 1.92 bits per heavy atom. The van der Waals surface area contributed by atoms with Crippen LogP contribution in [0.3, 0.4) is 0 Å². The van der Waals surface area contributed by atoms with E-state index in [2.05, 4.69) is 15.4 Å². The Balaban J connectivity index is 1.98. The summed E-state index contributed by atoms with van der Waals surface area (Å²) < 4.78 is 32.1. The summed E-state index contributed by atoms with van der Waals surface area (Å²) in [6.45, 7) is 0.420. The first-order valence-corrected chi connectivity index (χ1v) is 15.1. The van der Waals surface area contributed by atoms with E-state index < -0.39 is 148 Å². The Morgan fingerprint density at radius 1 is 0.837 bits per heavy atom. The van der Waals surface area contributed by atoms with Crippen molar-refractivity contribution in [3.63, 3.8) is 0 Å². The van der Waals surface area contributed by atoms with Crippen molar-refractivity contribution in [2.45, 2.75) is 125 Å². The van der Waals surface area contributed by atoms with Crippen LogP contribution in [0.1, 0.15) is 27.2 Å². The molecule has 12 N–H and O–H groups in total. The number of carboxylic acids is 1. The number of aliphatic carboxylic acids is 1. The van der Waals surface area contributed by atoms with Crippen LogP contribution in [0.25, 0.3) is 0 Å². The maximum atomic E-state index is 12.8. The molecule has 0 radical (unpaired) electrons. The predicted molar refractivity (Wildman–Crippen MR) is 151 cm³/mol. The van der Waals surface area contributed by atoms with Gasteiger partial charge < -0.3 is 90.1 Å². The normalized spacial score (nSPS) is 40.9. The fourth-order valence-corrected chi connectivity index (χ4v) is 5.76. The topological polar surface area (TPSA) is 350 Å². The van der Waals surface area contributed by atoms with Gasteiger partial charge in [-0.15, -0.1) is 0 Å². The minimum atomic E-state index is -3.08. The van der Waals surface area contributed by atoms with Gasteiger partial charge in [-0.2, -0.15) is 0 Å². The van der Waals surface area contributed by atoms with Crippen molar-refractivity contribution in [2.75, 3.05) is 19.8 Å². The number of carboxylic acid groups (broad SMARTS) is 1. The molecule has 0 bridgehead atoms. The predicted octanol–water partition coefficient (Wildman–Crippen LogP) is -7.51. The number of esters is 1. The van der Waals surface area contributed by atoms with E-state index in [1.165, 1.54) is 0 Å². The summed E-state index contributed by atoms with van der Waals surface area (Å²) in [7, 11) is 0. The Kier molecular flexibility index (Phi) is 14.2. The molecule has 49 heavy (non-hydrogen) atoms. The first-order valence-electron chi connectivity index (χ1n) is 15.1. The largest absolute Gasteiger partial charge is 0.477 e. The van der Waals surface area contributed by atoms with Gasteiger partial charge in [0.2, 0.25) is 11.8 Å². The molecule has 0 aromatic carbocycles. The lowest BCUT2D eigenvalue weighted by Crippen LogP contribution is -2.71. The van der Waals surface area contributed by atoms with E-state index in [9.17, 15) is 70.2 Å². The molecule has 3 heterocycles. The molecule has 0 aromatic heterocycles. The minimum absolute atomic E-state index is 0.727. The molecular formula is C27H44N2O20. The second-order valence-electron chi connectivity index (χ2n) is 11.9. The zero-order valence-corrected chi connectivity index (χ0v) is 26.5. The zero-order chi connectivity index (χ0) is 37.0. The zero-order valence-electron chi connectivity index (χ0n) is 26.5. The van der Waals surface area contributed by atoms with Crippen molar-refractivity contribution in [1.82, 2.24) is 10.6 Å². The summed E-state index contributed by atoms with van der Waals surface area (Å²) in [6, 6.07) is -3.13. The van der Waals surface area contributed by atoms with Crippen LogP contribution in [-0.4, -0.2) is 192 Å². The van der Waals surface area contributed by atoms with Gasteiger partial charge in [0, 0.05) is 27.2 Å². The van der Waals surface area contributed by atoms with E-state index in [0.717, 1.165) is 20.8 Å². The van der Waals surface area contributed by atoms with Gasteiger partial charge in [0.15, 0.2) is 12.6 Å². The van der Waals surface area contributed by atoms with Crippen LogP contribution in [0.5, 0.6) is 0 Å². The lowest BCUT2D eigenvalue weighted by molar-refractivity contribution is -0.380. The standard InChI is InChI=1S/C27H44N2O20/c1-8(32)28-15-11(35)4-27(26(42)43,48-22(15)17(37)12(36)7-44-10(3)34)49-23-19(39)14(6-31)46-25(20(23)40)47-21-16(29-9(2)33)24(41)45-13(5-30)18(21)38/h11-25,30-31,35-41H,4-7H2,1-3H3,(H,28,32)(H,29,33)(H,42,43)/t11-,12+,13+,14+,15+,16+,17+,18-,19-,20+,21+,22+,23-,24-,25-,27-/m0/s1. The van der Waals surface area contributed by atoms with Crippen LogP contribution in [0.2, 0.25) is 0 Å². The fraction of sp³-hybridized carbons (Fsp3) is 0.852. The molecule has 2 amide bonds. The molecule has 22 heteroatoms. The lowest BCUT2D eigenvalue weighted by atomic mass is 9.88. The third kappa shape index (κ3) is 9.36. The summed E-state index contributed by atoms with van der Waals surface area (Å²) in [5, 5.41) is 110. The summed E-state index contributed by atoms with van der Waals surface area (Å²) >= 11 is 0. The number of aliphatic hydroxyl groups is 9. The van der Waals surface area contributed by atoms with Crippen LogP contribution < -0.4 is 10.6 Å². The molecule has 3 aliphatic heterocycles. The average Bonchev–Trinajstić information content (AvgIpc) is 3.02. The number of hydrogen-bond acceptors (Lipinski definition) is 19. The molecule has 3 rings (SSSR count). The van der Waals surface area contributed by atoms with Gasteiger partial charge in [0.25, 0.3) is 5.79 Å². The first-order chi connectivity index (χ1) is 22.9. The molecule has 282 valence electrons. The van der Waals surface area contributed by atoms with Gasteiger partial charge in [-0.1, -0.05) is 0 Å². The maximum Gasteiger partial charge on any atom is 0.364 e. The molecule has 0 unspecified atom stereocenters. The molecule has 0 aromatic rings. The van der Waals surface area contributed by atoms with Crippen molar-refractivity contribution in [3.05, 3.63) is 0 Å². The van der Waals surface area contributed by atoms with E-state index in [-0.39, 0.29) is 0 Å². The first kappa shape index (κ1) is 40.7. The summed E-state index contributed by atoms with van der Waals surface area (Å²) in [5.41, 5.74) is 0. The minimum Gasteiger partial charge on any atom is -0.477 e. The smallest absolute Gasteiger partial charge is 0.364 e. The van der Waals surface area contributed by atoms with Crippen molar-refractivity contribution in [3.8, 4) is 0 Å². The number of carbonyl (C=O) groups is 4. The SMILES string of the molecule is CC(=O)N[C@@H]1[C@@H](O[C@@H]2O[C@H](CO)[C@H](O)[C@H](O[C@]3(C(=O)O)C[C@H](O)[C@@H](NC(C)=O)[C@H]([C@H](O)[C@H](O)COC(C)=O)O3)[C@H]2O)[C@@H](O)[C@@H](CO)O[C@@H]1O. The number of amides is 2. The number of nitrogens with one attached hydrogen (secondary N) is 2. The van der Waals surface area contributed by atoms with E-state index in [0.29, 0.717) is 0 Å². The van der Waals surface area contributed by atoms with E-state index in [1.807, 2.05) is 0 Å². The highest BCUT2D eigenvalue weighted by molar-refractivity contribution is 5.76. The Morgan fingerprint density at radius 2 is 1.39 bits per heavy atom. The van der Waals surface area contributed by atoms with E-state index >= 15 is 0 Å². The second kappa shape index (κ2) is 17.0. The summed E-state index contributed by atoms with van der Waals surface area (Å²) in [6.07, 6.45) is -26.1. The van der Waals surface area contributed by atoms with E-state index in [1.54, 1.807) is 0 Å². The summed E-state index contributed by atoms with van der Waals surface area (Å²) in [4.78, 5) is 47.7. The van der Waals surface area contributed by atoms with Crippen molar-refractivity contribution in [1.29, 1.82) is 0 Å². The third-order valence-corrected chi connectivity index (χ3v) is 8.14. The number of carbonyl (C=O) groups excluding carboxylic acids is 3. The van der Waals surface area contributed by atoms with Gasteiger partial charge in [-0.3, -0.25) is 14.4 Å². The summed E-state index contributed by atoms with van der Waals surface area (Å²) in [5.74, 6) is -7.43. The lowest BCUT2D eigenvalue weighted by Gasteiger charge is -2.50. The van der Waals surface area contributed by atoms with Crippen LogP contribution in [-0.2, 0) is 47.6 Å². The molecule has 0 spiro atoms. The second-order valence-corrected chi connectivity index (χ2v) is 11.9. The molecule has 3 aliphatic rings. The Hall–Kier alpha value is -2.68. The molecule has 3 saturated heterocycles. The van der Waals surface area contributed by atoms with Crippen LogP contribution >= 0.6 is 0 Å². The molecule has 22 nitrogen and oxygen atoms in total. The van der Waals surface area contributed by atoms with Gasteiger partial charge >= 0.3 is 11.9 Å². The fourth-order valence-electron chi connectivity index (χ4n) is 5.76. The molecular weight excluding hydrogens is 672 g/mol. The third-order valence-electron chi connectivity index (χ3n) is 8.14. The van der Waals surface area contributed by atoms with Crippen molar-refractivity contribution in [2.24, 2.45) is 0 Å². The van der Waals surface area contributed by atoms with Crippen LogP contribution in [0.4, 0.5) is 0 Å². The number of hydrogen-bond donors (Lipinski definition) is 12. The number of rotatable bonds is 13. The van der Waals surface area contributed by atoms with Gasteiger partial charge in [-0.25, -0.2) is 4.79 Å². The molecule has 3 fully saturated rings. The quantitative estimate of drug-likeness (QED) is 0.0787. The highest BCUT2D eigenvalue weighted by Gasteiger charge is 2.60. The van der Waals surface area contributed by atoms with Crippen LogP contribution in [0, 0.1) is 0 Å². The van der Waals surface area contributed by atoms with E-state index in [4.69, 9.17) is 23.7 Å². The van der Waals surface area contributed by atoms with Crippen LogP contribution in [0.15, 0.2) is 0 Å². The Bertz CT molecular complexity index is 1160.